The Morgan fingerprint density at radius 2 is 2.15 bits per heavy atom. The number of ether oxygens (including phenoxy) is 1. The first-order chi connectivity index (χ1) is 9.56. The molecule has 0 radical (unpaired) electrons. The van der Waals surface area contributed by atoms with Gasteiger partial charge in [-0.1, -0.05) is 12.1 Å². The Kier molecular flexibility index (Phi) is 4.89. The minimum Gasteiger partial charge on any atom is -0.435 e. The number of benzene rings is 1. The zero-order valence-electron chi connectivity index (χ0n) is 11.3. The van der Waals surface area contributed by atoms with E-state index in [4.69, 9.17) is 0 Å². The van der Waals surface area contributed by atoms with E-state index in [1.807, 2.05) is 0 Å². The molecule has 0 saturated carbocycles. The molecule has 4 nitrogen and oxygen atoms in total. The van der Waals surface area contributed by atoms with E-state index in [0.29, 0.717) is 6.54 Å². The lowest BCUT2D eigenvalue weighted by atomic mass is 10.1. The molecule has 2 rings (SSSR count). The SMILES string of the molecule is CN(Cc1ccc(OC(F)F)cc1)C(=O)C1CCNC1. The summed E-state index contributed by atoms with van der Waals surface area (Å²) in [5.41, 5.74) is 0.883. The lowest BCUT2D eigenvalue weighted by Gasteiger charge is -2.20. The van der Waals surface area contributed by atoms with Gasteiger partial charge in [0, 0.05) is 20.1 Å². The molecule has 1 atom stereocenters. The second kappa shape index (κ2) is 6.65. The highest BCUT2D eigenvalue weighted by molar-refractivity contribution is 5.79. The van der Waals surface area contributed by atoms with Crippen molar-refractivity contribution in [3.8, 4) is 5.75 Å². The molecule has 0 spiro atoms. The van der Waals surface area contributed by atoms with E-state index >= 15 is 0 Å². The van der Waals surface area contributed by atoms with Crippen molar-refractivity contribution in [3.05, 3.63) is 29.8 Å². The highest BCUT2D eigenvalue weighted by atomic mass is 19.3. The summed E-state index contributed by atoms with van der Waals surface area (Å²) in [7, 11) is 1.75. The van der Waals surface area contributed by atoms with E-state index in [1.165, 1.54) is 12.1 Å². The molecule has 1 N–H and O–H groups in total. The largest absolute Gasteiger partial charge is 0.435 e. The van der Waals surface area contributed by atoms with E-state index in [2.05, 4.69) is 10.1 Å². The highest BCUT2D eigenvalue weighted by Gasteiger charge is 2.25. The molecule has 0 aromatic heterocycles. The van der Waals surface area contributed by atoms with E-state index in [9.17, 15) is 13.6 Å². The fourth-order valence-corrected chi connectivity index (χ4v) is 2.31. The summed E-state index contributed by atoms with van der Waals surface area (Å²) in [5.74, 6) is 0.280. The van der Waals surface area contributed by atoms with Gasteiger partial charge in [-0.15, -0.1) is 0 Å². The average Bonchev–Trinajstić information content (AvgIpc) is 2.93. The maximum Gasteiger partial charge on any atom is 0.387 e. The normalized spacial score (nSPS) is 18.3. The van der Waals surface area contributed by atoms with Crippen LogP contribution in [0.25, 0.3) is 0 Å². The third kappa shape index (κ3) is 3.90. The van der Waals surface area contributed by atoms with Gasteiger partial charge in [0.2, 0.25) is 5.91 Å². The van der Waals surface area contributed by atoms with Crippen molar-refractivity contribution < 1.29 is 18.3 Å². The minimum atomic E-state index is -2.82. The first kappa shape index (κ1) is 14.7. The summed E-state index contributed by atoms with van der Waals surface area (Å²) < 4.78 is 28.3. The summed E-state index contributed by atoms with van der Waals surface area (Å²) in [6.45, 7) is -0.751. The lowest BCUT2D eigenvalue weighted by molar-refractivity contribution is -0.134. The molecule has 1 aromatic carbocycles. The molecule has 110 valence electrons. The first-order valence-electron chi connectivity index (χ1n) is 6.55. The summed E-state index contributed by atoms with van der Waals surface area (Å²) in [4.78, 5) is 13.8. The van der Waals surface area contributed by atoms with Gasteiger partial charge in [-0.2, -0.15) is 8.78 Å². The molecule has 6 heteroatoms. The monoisotopic (exact) mass is 284 g/mol. The molecule has 20 heavy (non-hydrogen) atoms. The fraction of sp³-hybridized carbons (Fsp3) is 0.500. The van der Waals surface area contributed by atoms with Crippen molar-refractivity contribution in [1.29, 1.82) is 0 Å². The van der Waals surface area contributed by atoms with Gasteiger partial charge in [-0.3, -0.25) is 4.79 Å². The number of rotatable bonds is 5. The van der Waals surface area contributed by atoms with Crippen LogP contribution in [-0.4, -0.2) is 37.6 Å². The molecule has 1 unspecified atom stereocenters. The van der Waals surface area contributed by atoms with Crippen LogP contribution in [0.15, 0.2) is 24.3 Å². The van der Waals surface area contributed by atoms with Gasteiger partial charge in [-0.25, -0.2) is 0 Å². The molecule has 1 amide bonds. The molecule has 0 bridgehead atoms. The highest BCUT2D eigenvalue weighted by Crippen LogP contribution is 2.17. The Bertz CT molecular complexity index is 445. The fourth-order valence-electron chi connectivity index (χ4n) is 2.31. The van der Waals surface area contributed by atoms with Gasteiger partial charge >= 0.3 is 6.61 Å². The van der Waals surface area contributed by atoms with Gasteiger partial charge in [-0.05, 0) is 30.7 Å². The predicted molar refractivity (Wildman–Crippen MR) is 70.5 cm³/mol. The zero-order valence-corrected chi connectivity index (χ0v) is 11.3. The van der Waals surface area contributed by atoms with E-state index in [-0.39, 0.29) is 17.6 Å². The molecule has 1 aromatic rings. The average molecular weight is 284 g/mol. The van der Waals surface area contributed by atoms with Crippen molar-refractivity contribution in [3.63, 3.8) is 0 Å². The van der Waals surface area contributed by atoms with Crippen molar-refractivity contribution in [1.82, 2.24) is 10.2 Å². The smallest absolute Gasteiger partial charge is 0.387 e. The summed E-state index contributed by atoms with van der Waals surface area (Å²) >= 11 is 0. The molecular weight excluding hydrogens is 266 g/mol. The minimum absolute atomic E-state index is 0.0430. The van der Waals surface area contributed by atoms with Crippen LogP contribution in [0.1, 0.15) is 12.0 Å². The third-order valence-corrected chi connectivity index (χ3v) is 3.35. The topological polar surface area (TPSA) is 41.6 Å². The van der Waals surface area contributed by atoms with Crippen LogP contribution in [-0.2, 0) is 11.3 Å². The second-order valence-corrected chi connectivity index (χ2v) is 4.91. The van der Waals surface area contributed by atoms with Crippen LogP contribution in [0, 0.1) is 5.92 Å². The number of nitrogens with one attached hydrogen (secondary N) is 1. The summed E-state index contributed by atoms with van der Waals surface area (Å²) in [6.07, 6.45) is 0.865. The number of halogens is 2. The quantitative estimate of drug-likeness (QED) is 0.897. The van der Waals surface area contributed by atoms with Gasteiger partial charge in [0.1, 0.15) is 5.75 Å². The zero-order chi connectivity index (χ0) is 14.5. The van der Waals surface area contributed by atoms with Crippen molar-refractivity contribution in [2.75, 3.05) is 20.1 Å². The second-order valence-electron chi connectivity index (χ2n) is 4.91. The van der Waals surface area contributed by atoms with E-state index in [0.717, 1.165) is 25.1 Å². The molecule has 0 aliphatic carbocycles. The first-order valence-corrected chi connectivity index (χ1v) is 6.55. The Morgan fingerprint density at radius 1 is 1.45 bits per heavy atom. The van der Waals surface area contributed by atoms with Crippen molar-refractivity contribution in [2.24, 2.45) is 5.92 Å². The Hall–Kier alpha value is -1.69. The Labute approximate surface area is 116 Å². The maximum atomic E-state index is 12.1. The number of amides is 1. The number of carbonyl (C=O) groups is 1. The van der Waals surface area contributed by atoms with Crippen LogP contribution in [0.3, 0.4) is 0 Å². The van der Waals surface area contributed by atoms with Crippen molar-refractivity contribution >= 4 is 5.91 Å². The van der Waals surface area contributed by atoms with Gasteiger partial charge in [0.05, 0.1) is 5.92 Å². The van der Waals surface area contributed by atoms with Gasteiger partial charge in [0.15, 0.2) is 0 Å². The van der Waals surface area contributed by atoms with E-state index in [1.54, 1.807) is 24.1 Å². The molecule has 1 fully saturated rings. The van der Waals surface area contributed by atoms with Crippen LogP contribution in [0.2, 0.25) is 0 Å². The van der Waals surface area contributed by atoms with Crippen LogP contribution in [0.5, 0.6) is 5.75 Å². The van der Waals surface area contributed by atoms with Gasteiger partial charge in [0.25, 0.3) is 0 Å². The number of hydrogen-bond acceptors (Lipinski definition) is 3. The van der Waals surface area contributed by atoms with Crippen molar-refractivity contribution in [2.45, 2.75) is 19.6 Å². The third-order valence-electron chi connectivity index (χ3n) is 3.35. The molecular formula is C14H18F2N2O2. The number of carbonyl (C=O) groups excluding carboxylic acids is 1. The van der Waals surface area contributed by atoms with Crippen LogP contribution < -0.4 is 10.1 Å². The maximum absolute atomic E-state index is 12.1. The Morgan fingerprint density at radius 3 is 2.70 bits per heavy atom. The number of alkyl halides is 2. The Balaban J connectivity index is 1.90. The van der Waals surface area contributed by atoms with Crippen LogP contribution in [0.4, 0.5) is 8.78 Å². The summed E-state index contributed by atoms with van der Waals surface area (Å²) in [6, 6.07) is 6.34. The summed E-state index contributed by atoms with van der Waals surface area (Å²) in [5, 5.41) is 3.16. The molecule has 1 aliphatic heterocycles. The lowest BCUT2D eigenvalue weighted by Crippen LogP contribution is -2.33. The van der Waals surface area contributed by atoms with Crippen LogP contribution >= 0.6 is 0 Å². The molecule has 1 aliphatic rings. The molecule has 1 heterocycles. The number of nitrogens with zero attached hydrogens (tertiary/aromatic N) is 1. The molecule has 1 saturated heterocycles. The predicted octanol–water partition coefficient (Wildman–Crippen LogP) is 1.86. The number of hydrogen-bond donors (Lipinski definition) is 1. The van der Waals surface area contributed by atoms with Gasteiger partial charge < -0.3 is 15.0 Å². The van der Waals surface area contributed by atoms with E-state index < -0.39 is 6.61 Å². The standard InChI is InChI=1S/C14H18F2N2O2/c1-18(13(19)11-6-7-17-8-11)9-10-2-4-12(5-3-10)20-14(15)16/h2-5,11,14,17H,6-9H2,1H3.